The van der Waals surface area contributed by atoms with Gasteiger partial charge in [0.1, 0.15) is 0 Å². The largest absolute Gasteiger partial charge is 0.309 e. The number of aryl methyl sites for hydroxylation is 2. The Labute approximate surface area is 79.4 Å². The minimum Gasteiger partial charge on any atom is -0.309 e. The Balaban J connectivity index is 2.85. The van der Waals surface area contributed by atoms with E-state index in [1.165, 1.54) is 16.7 Å². The summed E-state index contributed by atoms with van der Waals surface area (Å²) in [6.45, 7) is 4.85. The van der Waals surface area contributed by atoms with E-state index in [2.05, 4.69) is 38.2 Å². The fraction of sp³-hybridized carbons (Fsp3) is 0.364. The molecular weight excluding hydrogens is 160 g/mol. The molecule has 0 fully saturated rings. The Morgan fingerprint density at radius 3 is 2.62 bits per heavy atom. The van der Waals surface area contributed by atoms with Crippen LogP contribution in [0.25, 0.3) is 0 Å². The molecule has 0 saturated heterocycles. The number of rotatable bonds is 2. The minimum absolute atomic E-state index is 0.697. The molecule has 13 heavy (non-hydrogen) atoms. The van der Waals surface area contributed by atoms with Gasteiger partial charge in [-0.2, -0.15) is 5.26 Å². The third kappa shape index (κ3) is 2.48. The van der Waals surface area contributed by atoms with Crippen LogP contribution in [-0.4, -0.2) is 11.9 Å². The van der Waals surface area contributed by atoms with Gasteiger partial charge in [-0.1, -0.05) is 23.8 Å². The Kier molecular flexibility index (Phi) is 2.92. The highest BCUT2D eigenvalue weighted by molar-refractivity contribution is 5.30. The van der Waals surface area contributed by atoms with Crippen molar-refractivity contribution in [2.45, 2.75) is 20.4 Å². The highest BCUT2D eigenvalue weighted by Crippen LogP contribution is 2.11. The lowest BCUT2D eigenvalue weighted by Gasteiger charge is -2.11. The molecule has 0 amide bonds. The van der Waals surface area contributed by atoms with Gasteiger partial charge in [0, 0.05) is 7.05 Å². The molecule has 0 saturated carbocycles. The van der Waals surface area contributed by atoms with E-state index in [0.717, 1.165) is 0 Å². The molecule has 1 aromatic rings. The molecule has 1 aromatic carbocycles. The fourth-order valence-electron chi connectivity index (χ4n) is 1.31. The van der Waals surface area contributed by atoms with Crippen molar-refractivity contribution in [2.75, 3.05) is 7.05 Å². The molecule has 0 heterocycles. The number of benzene rings is 1. The fourth-order valence-corrected chi connectivity index (χ4v) is 1.31. The van der Waals surface area contributed by atoms with Crippen LogP contribution in [0.15, 0.2) is 18.2 Å². The first kappa shape index (κ1) is 9.60. The van der Waals surface area contributed by atoms with Crippen LogP contribution in [0.2, 0.25) is 0 Å². The van der Waals surface area contributed by atoms with Gasteiger partial charge in [0.2, 0.25) is 0 Å². The van der Waals surface area contributed by atoms with Crippen molar-refractivity contribution in [3.05, 3.63) is 34.9 Å². The van der Waals surface area contributed by atoms with Crippen LogP contribution >= 0.6 is 0 Å². The summed E-state index contributed by atoms with van der Waals surface area (Å²) in [5, 5.41) is 8.62. The Morgan fingerprint density at radius 2 is 2.08 bits per heavy atom. The molecule has 0 aromatic heterocycles. The van der Waals surface area contributed by atoms with E-state index in [1.54, 1.807) is 11.9 Å². The lowest BCUT2D eigenvalue weighted by atomic mass is 10.1. The van der Waals surface area contributed by atoms with E-state index in [1.807, 2.05) is 0 Å². The van der Waals surface area contributed by atoms with Gasteiger partial charge in [0.05, 0.1) is 6.54 Å². The topological polar surface area (TPSA) is 27.0 Å². The summed E-state index contributed by atoms with van der Waals surface area (Å²) in [6.07, 6.45) is 2.09. The van der Waals surface area contributed by atoms with Crippen molar-refractivity contribution in [1.29, 1.82) is 5.26 Å². The van der Waals surface area contributed by atoms with Crippen molar-refractivity contribution in [1.82, 2.24) is 4.90 Å². The molecule has 0 aliphatic heterocycles. The van der Waals surface area contributed by atoms with E-state index in [-0.39, 0.29) is 0 Å². The average Bonchev–Trinajstić information content (AvgIpc) is 2.09. The Bertz CT molecular complexity index is 336. The summed E-state index contributed by atoms with van der Waals surface area (Å²) >= 11 is 0. The smallest absolute Gasteiger partial charge is 0.179 e. The first-order valence-electron chi connectivity index (χ1n) is 4.30. The molecule has 0 radical (unpaired) electrons. The van der Waals surface area contributed by atoms with Crippen LogP contribution < -0.4 is 0 Å². The summed E-state index contributed by atoms with van der Waals surface area (Å²) in [6, 6.07) is 6.30. The zero-order valence-electron chi connectivity index (χ0n) is 8.33. The third-order valence-corrected chi connectivity index (χ3v) is 2.08. The number of nitriles is 1. The molecule has 68 valence electrons. The average molecular weight is 174 g/mol. The lowest BCUT2D eigenvalue weighted by Crippen LogP contribution is -2.11. The Morgan fingerprint density at radius 1 is 1.38 bits per heavy atom. The summed E-state index contributed by atoms with van der Waals surface area (Å²) in [5.74, 6) is 0. The second-order valence-corrected chi connectivity index (χ2v) is 3.39. The van der Waals surface area contributed by atoms with E-state index >= 15 is 0 Å². The molecule has 2 heteroatoms. The van der Waals surface area contributed by atoms with Crippen molar-refractivity contribution >= 4 is 0 Å². The first-order chi connectivity index (χ1) is 6.13. The van der Waals surface area contributed by atoms with Crippen molar-refractivity contribution < 1.29 is 0 Å². The predicted molar refractivity (Wildman–Crippen MR) is 53.0 cm³/mol. The van der Waals surface area contributed by atoms with Crippen LogP contribution in [0.4, 0.5) is 0 Å². The summed E-state index contributed by atoms with van der Waals surface area (Å²) in [5.41, 5.74) is 3.73. The molecule has 0 N–H and O–H groups in total. The highest BCUT2D eigenvalue weighted by Gasteiger charge is 2.00. The number of hydrogen-bond acceptors (Lipinski definition) is 2. The molecule has 0 unspecified atom stereocenters. The van der Waals surface area contributed by atoms with Crippen LogP contribution in [0, 0.1) is 25.3 Å². The predicted octanol–water partition coefficient (Wildman–Crippen LogP) is 2.22. The van der Waals surface area contributed by atoms with Crippen molar-refractivity contribution in [2.24, 2.45) is 0 Å². The second-order valence-electron chi connectivity index (χ2n) is 3.39. The van der Waals surface area contributed by atoms with E-state index in [0.29, 0.717) is 6.54 Å². The second kappa shape index (κ2) is 3.95. The summed E-state index contributed by atoms with van der Waals surface area (Å²) in [7, 11) is 1.79. The minimum atomic E-state index is 0.697. The molecule has 0 spiro atoms. The zero-order chi connectivity index (χ0) is 9.84. The van der Waals surface area contributed by atoms with Gasteiger partial charge in [0.25, 0.3) is 0 Å². The lowest BCUT2D eigenvalue weighted by molar-refractivity contribution is 0.468. The van der Waals surface area contributed by atoms with Gasteiger partial charge in [-0.25, -0.2) is 0 Å². The zero-order valence-corrected chi connectivity index (χ0v) is 8.33. The quantitative estimate of drug-likeness (QED) is 0.507. The van der Waals surface area contributed by atoms with Gasteiger partial charge in [-0.3, -0.25) is 0 Å². The third-order valence-electron chi connectivity index (χ3n) is 2.08. The molecule has 0 atom stereocenters. The molecule has 1 rings (SSSR count). The van der Waals surface area contributed by atoms with E-state index in [4.69, 9.17) is 5.26 Å². The van der Waals surface area contributed by atoms with Gasteiger partial charge < -0.3 is 4.90 Å². The van der Waals surface area contributed by atoms with Crippen LogP contribution in [0.1, 0.15) is 16.7 Å². The first-order valence-corrected chi connectivity index (χ1v) is 4.30. The maximum Gasteiger partial charge on any atom is 0.179 e. The number of nitrogens with zero attached hydrogens (tertiary/aromatic N) is 2. The molecule has 2 nitrogen and oxygen atoms in total. The van der Waals surface area contributed by atoms with Gasteiger partial charge in [-0.05, 0) is 25.0 Å². The normalized spacial score (nSPS) is 9.38. The molecule has 0 aliphatic carbocycles. The van der Waals surface area contributed by atoms with Gasteiger partial charge >= 0.3 is 0 Å². The SMILES string of the molecule is Cc1ccc(CN(C)C#N)c(C)c1. The highest BCUT2D eigenvalue weighted by atomic mass is 15.1. The Hall–Kier alpha value is -1.49. The summed E-state index contributed by atoms with van der Waals surface area (Å²) in [4.78, 5) is 1.62. The van der Waals surface area contributed by atoms with Crippen molar-refractivity contribution in [3.63, 3.8) is 0 Å². The molecular formula is C11H14N2. The van der Waals surface area contributed by atoms with Crippen LogP contribution in [0.3, 0.4) is 0 Å². The summed E-state index contributed by atoms with van der Waals surface area (Å²) < 4.78 is 0. The van der Waals surface area contributed by atoms with Crippen molar-refractivity contribution in [3.8, 4) is 6.19 Å². The monoisotopic (exact) mass is 174 g/mol. The molecule has 0 aliphatic rings. The van der Waals surface area contributed by atoms with Gasteiger partial charge in [0.15, 0.2) is 6.19 Å². The number of hydrogen-bond donors (Lipinski definition) is 0. The van der Waals surface area contributed by atoms with Crippen LogP contribution in [0.5, 0.6) is 0 Å². The van der Waals surface area contributed by atoms with Gasteiger partial charge in [-0.15, -0.1) is 0 Å². The molecule has 0 bridgehead atoms. The standard InChI is InChI=1S/C11H14N2/c1-9-4-5-11(10(2)6-9)7-13(3)8-12/h4-6H,7H2,1-3H3. The van der Waals surface area contributed by atoms with Crippen LogP contribution in [-0.2, 0) is 6.54 Å². The van der Waals surface area contributed by atoms with E-state index < -0.39 is 0 Å². The maximum atomic E-state index is 8.62. The van der Waals surface area contributed by atoms with E-state index in [9.17, 15) is 0 Å². The maximum absolute atomic E-state index is 8.62.